The number of amides is 1. The van der Waals surface area contributed by atoms with Crippen molar-refractivity contribution in [3.05, 3.63) is 71.1 Å². The van der Waals surface area contributed by atoms with Crippen LogP contribution in [0.25, 0.3) is 10.1 Å². The molecule has 0 aliphatic heterocycles. The molecule has 3 nitrogen and oxygen atoms in total. The fraction of sp³-hybridized carbons (Fsp3) is 0.250. The Hall–Kier alpha value is -1.82. The van der Waals surface area contributed by atoms with Gasteiger partial charge in [-0.2, -0.15) is 0 Å². The normalized spacial score (nSPS) is 13.5. The van der Waals surface area contributed by atoms with Crippen molar-refractivity contribution in [2.24, 2.45) is 0 Å². The standard InChI is InChI=1S/C20H21NO2S2/c1-20(23,18-11-16-9-5-6-10-17(16)25-18)14-21-19(22)13-24-12-15-7-3-2-4-8-15/h2-11,23H,12-14H2,1H3,(H,21,22)/t20-/m0/s1. The van der Waals surface area contributed by atoms with Crippen molar-refractivity contribution >= 4 is 39.1 Å². The largest absolute Gasteiger partial charge is 0.383 e. The Morgan fingerprint density at radius 3 is 2.64 bits per heavy atom. The van der Waals surface area contributed by atoms with E-state index in [2.05, 4.69) is 17.4 Å². The SMILES string of the molecule is C[C@](O)(CNC(=O)CSCc1ccccc1)c1cc2ccccc2s1. The third kappa shape index (κ3) is 4.84. The molecule has 0 saturated heterocycles. The number of rotatable bonds is 7. The number of hydrogen-bond donors (Lipinski definition) is 2. The first-order valence-electron chi connectivity index (χ1n) is 8.14. The van der Waals surface area contributed by atoms with Crippen LogP contribution in [0.15, 0.2) is 60.7 Å². The molecule has 0 fully saturated rings. The zero-order chi connectivity index (χ0) is 17.7. The highest BCUT2D eigenvalue weighted by molar-refractivity contribution is 7.99. The Bertz CT molecular complexity index is 810. The number of benzene rings is 2. The van der Waals surface area contributed by atoms with Crippen molar-refractivity contribution in [2.45, 2.75) is 18.3 Å². The average molecular weight is 372 g/mol. The van der Waals surface area contributed by atoms with Crippen LogP contribution < -0.4 is 5.32 Å². The number of fused-ring (bicyclic) bond motifs is 1. The van der Waals surface area contributed by atoms with Crippen LogP contribution in [0.4, 0.5) is 0 Å². The van der Waals surface area contributed by atoms with Crippen molar-refractivity contribution < 1.29 is 9.90 Å². The smallest absolute Gasteiger partial charge is 0.230 e. The van der Waals surface area contributed by atoms with Crippen LogP contribution in [0, 0.1) is 0 Å². The summed E-state index contributed by atoms with van der Waals surface area (Å²) in [5.74, 6) is 1.14. The van der Waals surface area contributed by atoms with E-state index in [1.807, 2.05) is 48.5 Å². The van der Waals surface area contributed by atoms with Gasteiger partial charge in [-0.3, -0.25) is 4.79 Å². The van der Waals surface area contributed by atoms with E-state index in [0.717, 1.165) is 20.7 Å². The maximum absolute atomic E-state index is 12.0. The molecule has 3 aromatic rings. The number of hydrogen-bond acceptors (Lipinski definition) is 4. The van der Waals surface area contributed by atoms with E-state index >= 15 is 0 Å². The summed E-state index contributed by atoms with van der Waals surface area (Å²) in [4.78, 5) is 12.9. The molecular weight excluding hydrogens is 350 g/mol. The summed E-state index contributed by atoms with van der Waals surface area (Å²) in [7, 11) is 0. The molecule has 2 aromatic carbocycles. The Morgan fingerprint density at radius 1 is 1.16 bits per heavy atom. The highest BCUT2D eigenvalue weighted by Crippen LogP contribution is 2.32. The van der Waals surface area contributed by atoms with Crippen LogP contribution in [0.2, 0.25) is 0 Å². The summed E-state index contributed by atoms with van der Waals surface area (Å²) in [6, 6.07) is 20.1. The van der Waals surface area contributed by atoms with Gasteiger partial charge in [-0.25, -0.2) is 0 Å². The van der Waals surface area contributed by atoms with Gasteiger partial charge in [-0.15, -0.1) is 23.1 Å². The van der Waals surface area contributed by atoms with Crippen molar-refractivity contribution in [1.82, 2.24) is 5.32 Å². The quantitative estimate of drug-likeness (QED) is 0.656. The van der Waals surface area contributed by atoms with Gasteiger partial charge in [0, 0.05) is 15.3 Å². The topological polar surface area (TPSA) is 49.3 Å². The molecule has 1 atom stereocenters. The Kier molecular flexibility index (Phi) is 5.78. The molecule has 2 N–H and O–H groups in total. The molecule has 0 saturated carbocycles. The highest BCUT2D eigenvalue weighted by Gasteiger charge is 2.26. The van der Waals surface area contributed by atoms with E-state index in [0.29, 0.717) is 5.75 Å². The first-order chi connectivity index (χ1) is 12.0. The maximum Gasteiger partial charge on any atom is 0.230 e. The number of nitrogens with one attached hydrogen (secondary N) is 1. The summed E-state index contributed by atoms with van der Waals surface area (Å²) in [6.07, 6.45) is 0. The van der Waals surface area contributed by atoms with Gasteiger partial charge in [0.1, 0.15) is 5.60 Å². The minimum Gasteiger partial charge on any atom is -0.383 e. The monoisotopic (exact) mass is 371 g/mol. The average Bonchev–Trinajstić information content (AvgIpc) is 3.06. The number of carbonyl (C=O) groups is 1. The van der Waals surface area contributed by atoms with E-state index in [9.17, 15) is 9.90 Å². The molecular formula is C20H21NO2S2. The van der Waals surface area contributed by atoms with E-state index in [1.54, 1.807) is 30.0 Å². The number of thiophene rings is 1. The van der Waals surface area contributed by atoms with E-state index in [1.165, 1.54) is 5.56 Å². The van der Waals surface area contributed by atoms with Crippen LogP contribution >= 0.6 is 23.1 Å². The Balaban J connectivity index is 1.50. The molecule has 130 valence electrons. The van der Waals surface area contributed by atoms with Crippen LogP contribution in [-0.2, 0) is 16.1 Å². The Morgan fingerprint density at radius 2 is 1.88 bits per heavy atom. The zero-order valence-electron chi connectivity index (χ0n) is 14.1. The second-order valence-electron chi connectivity index (χ2n) is 6.18. The number of carbonyl (C=O) groups excluding carboxylic acids is 1. The van der Waals surface area contributed by atoms with Gasteiger partial charge < -0.3 is 10.4 Å². The van der Waals surface area contributed by atoms with Crippen LogP contribution in [-0.4, -0.2) is 23.3 Å². The molecule has 5 heteroatoms. The fourth-order valence-electron chi connectivity index (χ4n) is 2.49. The molecule has 0 spiro atoms. The lowest BCUT2D eigenvalue weighted by Crippen LogP contribution is -2.38. The van der Waals surface area contributed by atoms with Gasteiger partial charge in [0.25, 0.3) is 0 Å². The van der Waals surface area contributed by atoms with Gasteiger partial charge in [-0.05, 0) is 30.0 Å². The second kappa shape index (κ2) is 8.04. The molecule has 25 heavy (non-hydrogen) atoms. The number of thioether (sulfide) groups is 1. The van der Waals surface area contributed by atoms with Crippen LogP contribution in [0.1, 0.15) is 17.4 Å². The summed E-state index contributed by atoms with van der Waals surface area (Å²) in [5.41, 5.74) is 0.140. The van der Waals surface area contributed by atoms with Crippen LogP contribution in [0.3, 0.4) is 0 Å². The summed E-state index contributed by atoms with van der Waals surface area (Å²) < 4.78 is 1.14. The lowest BCUT2D eigenvalue weighted by molar-refractivity contribution is -0.119. The van der Waals surface area contributed by atoms with Crippen molar-refractivity contribution in [2.75, 3.05) is 12.3 Å². The molecule has 1 aromatic heterocycles. The second-order valence-corrected chi connectivity index (χ2v) is 8.25. The lowest BCUT2D eigenvalue weighted by atomic mass is 10.0. The Labute approximate surface area is 156 Å². The van der Waals surface area contributed by atoms with Gasteiger partial charge >= 0.3 is 0 Å². The van der Waals surface area contributed by atoms with E-state index < -0.39 is 5.60 Å². The molecule has 3 rings (SSSR count). The molecule has 0 aliphatic rings. The minimum absolute atomic E-state index is 0.0534. The van der Waals surface area contributed by atoms with E-state index in [-0.39, 0.29) is 12.5 Å². The molecule has 0 bridgehead atoms. The number of aliphatic hydroxyl groups is 1. The summed E-state index contributed by atoms with van der Waals surface area (Å²) >= 11 is 3.14. The van der Waals surface area contributed by atoms with Gasteiger partial charge in [0.15, 0.2) is 0 Å². The van der Waals surface area contributed by atoms with Gasteiger partial charge in [-0.1, -0.05) is 48.5 Å². The summed E-state index contributed by atoms with van der Waals surface area (Å²) in [6.45, 7) is 1.96. The van der Waals surface area contributed by atoms with E-state index in [4.69, 9.17) is 0 Å². The van der Waals surface area contributed by atoms with Crippen molar-refractivity contribution in [3.63, 3.8) is 0 Å². The molecule has 0 unspecified atom stereocenters. The van der Waals surface area contributed by atoms with Crippen LogP contribution in [0.5, 0.6) is 0 Å². The third-order valence-electron chi connectivity index (χ3n) is 3.93. The van der Waals surface area contributed by atoms with Crippen molar-refractivity contribution in [3.8, 4) is 0 Å². The lowest BCUT2D eigenvalue weighted by Gasteiger charge is -2.22. The van der Waals surface area contributed by atoms with Gasteiger partial charge in [0.2, 0.25) is 5.91 Å². The zero-order valence-corrected chi connectivity index (χ0v) is 15.7. The highest BCUT2D eigenvalue weighted by atomic mass is 32.2. The van der Waals surface area contributed by atoms with Gasteiger partial charge in [0.05, 0.1) is 12.3 Å². The molecule has 1 heterocycles. The van der Waals surface area contributed by atoms with Crippen molar-refractivity contribution in [1.29, 1.82) is 0 Å². The summed E-state index contributed by atoms with van der Waals surface area (Å²) in [5, 5.41) is 14.7. The third-order valence-corrected chi connectivity index (χ3v) is 6.30. The first-order valence-corrected chi connectivity index (χ1v) is 10.1. The molecule has 0 aliphatic carbocycles. The maximum atomic E-state index is 12.0. The first kappa shape index (κ1) is 18.0. The predicted octanol–water partition coefficient (Wildman–Crippen LogP) is 4.16. The minimum atomic E-state index is -1.07. The molecule has 1 amide bonds. The predicted molar refractivity (Wildman–Crippen MR) is 107 cm³/mol. The molecule has 0 radical (unpaired) electrons. The fourth-order valence-corrected chi connectivity index (χ4v) is 4.42.